The first kappa shape index (κ1) is 16.3. The molecule has 1 fully saturated rings. The van der Waals surface area contributed by atoms with Gasteiger partial charge < -0.3 is 5.11 Å². The number of halogens is 1. The zero-order valence-corrected chi connectivity index (χ0v) is 13.6. The van der Waals surface area contributed by atoms with Crippen molar-refractivity contribution in [1.29, 1.82) is 0 Å². The number of piperidine rings is 1. The van der Waals surface area contributed by atoms with Gasteiger partial charge in [-0.3, -0.25) is 9.69 Å². The lowest BCUT2D eigenvalue weighted by Crippen LogP contribution is -2.45. The van der Waals surface area contributed by atoms with E-state index in [1.807, 2.05) is 18.2 Å². The fourth-order valence-corrected chi connectivity index (χ4v) is 3.69. The van der Waals surface area contributed by atoms with Crippen molar-refractivity contribution in [2.24, 2.45) is 5.41 Å². The second-order valence-electron chi connectivity index (χ2n) is 6.07. The molecule has 1 saturated heterocycles. The van der Waals surface area contributed by atoms with Crippen LogP contribution in [0.4, 0.5) is 0 Å². The number of carboxylic acid groups (broad SMARTS) is 1. The normalized spacial score (nSPS) is 20.1. The second kappa shape index (κ2) is 6.80. The van der Waals surface area contributed by atoms with E-state index in [2.05, 4.69) is 24.8 Å². The fraction of sp³-hybridized carbons (Fsp3) is 0.588. The highest BCUT2D eigenvalue weighted by atomic mass is 35.5. The Morgan fingerprint density at radius 1 is 1.38 bits per heavy atom. The smallest absolute Gasteiger partial charge is 0.309 e. The van der Waals surface area contributed by atoms with Gasteiger partial charge in [0.25, 0.3) is 0 Å². The third-order valence-corrected chi connectivity index (χ3v) is 5.18. The maximum absolute atomic E-state index is 11.6. The Labute approximate surface area is 131 Å². The van der Waals surface area contributed by atoms with Crippen LogP contribution >= 0.6 is 11.6 Å². The Bertz CT molecular complexity index is 495. The van der Waals surface area contributed by atoms with Gasteiger partial charge in [0, 0.05) is 11.1 Å². The van der Waals surface area contributed by atoms with Crippen molar-refractivity contribution in [1.82, 2.24) is 4.90 Å². The van der Waals surface area contributed by atoms with Gasteiger partial charge in [0.05, 0.1) is 5.41 Å². The number of hydrogen-bond donors (Lipinski definition) is 1. The van der Waals surface area contributed by atoms with Crippen LogP contribution in [0.25, 0.3) is 0 Å². The van der Waals surface area contributed by atoms with Crippen LogP contribution in [0.1, 0.15) is 51.1 Å². The summed E-state index contributed by atoms with van der Waals surface area (Å²) in [4.78, 5) is 14.0. The quantitative estimate of drug-likeness (QED) is 0.878. The van der Waals surface area contributed by atoms with E-state index in [4.69, 9.17) is 11.6 Å². The molecule has 2 rings (SSSR count). The average Bonchev–Trinajstić information content (AvgIpc) is 2.48. The highest BCUT2D eigenvalue weighted by Gasteiger charge is 2.41. The maximum atomic E-state index is 11.6. The van der Waals surface area contributed by atoms with E-state index in [0.717, 1.165) is 49.4 Å². The summed E-state index contributed by atoms with van der Waals surface area (Å²) in [6, 6.07) is 8.13. The first-order chi connectivity index (χ1) is 10.00. The van der Waals surface area contributed by atoms with E-state index in [1.54, 1.807) is 0 Å². The predicted molar refractivity (Wildman–Crippen MR) is 85.7 cm³/mol. The summed E-state index contributed by atoms with van der Waals surface area (Å²) in [7, 11) is 0. The van der Waals surface area contributed by atoms with Crippen molar-refractivity contribution >= 4 is 17.6 Å². The van der Waals surface area contributed by atoms with Gasteiger partial charge in [-0.05, 0) is 50.9 Å². The van der Waals surface area contributed by atoms with Gasteiger partial charge in [0.2, 0.25) is 0 Å². The summed E-state index contributed by atoms with van der Waals surface area (Å²) in [5.74, 6) is -0.630. The van der Waals surface area contributed by atoms with Crippen LogP contribution in [-0.2, 0) is 4.79 Å². The maximum Gasteiger partial charge on any atom is 0.309 e. The number of rotatable bonds is 5. The van der Waals surface area contributed by atoms with E-state index in [-0.39, 0.29) is 6.04 Å². The molecule has 0 bridgehead atoms. The molecule has 0 aliphatic carbocycles. The molecule has 116 valence electrons. The lowest BCUT2D eigenvalue weighted by atomic mass is 9.74. The Morgan fingerprint density at radius 2 is 2.00 bits per heavy atom. The molecule has 1 N–H and O–H groups in total. The molecule has 1 heterocycles. The second-order valence-corrected chi connectivity index (χ2v) is 6.48. The third-order valence-electron chi connectivity index (χ3n) is 4.84. The topological polar surface area (TPSA) is 40.5 Å². The average molecular weight is 310 g/mol. The standard InChI is InChI=1S/C17H24ClNO2/c1-3-8-17(16(20)21)9-11-19(12-10-17)13(2)14-6-4-5-7-15(14)18/h4-7,13H,3,8-12H2,1-2H3,(H,20,21). The summed E-state index contributed by atoms with van der Waals surface area (Å²) in [6.07, 6.45) is 3.15. The minimum absolute atomic E-state index is 0.229. The van der Waals surface area contributed by atoms with Crippen LogP contribution in [0.3, 0.4) is 0 Å². The van der Waals surface area contributed by atoms with Gasteiger partial charge >= 0.3 is 5.97 Å². The summed E-state index contributed by atoms with van der Waals surface area (Å²) in [6.45, 7) is 5.84. The molecule has 1 aliphatic heterocycles. The highest BCUT2D eigenvalue weighted by Crippen LogP contribution is 2.39. The predicted octanol–water partition coefficient (Wildman–Crippen LogP) is 4.37. The molecular formula is C17H24ClNO2. The molecule has 0 aromatic heterocycles. The monoisotopic (exact) mass is 309 g/mol. The van der Waals surface area contributed by atoms with Gasteiger partial charge in [-0.25, -0.2) is 0 Å². The number of carboxylic acids is 1. The molecule has 1 aromatic rings. The van der Waals surface area contributed by atoms with Crippen molar-refractivity contribution in [2.45, 2.75) is 45.6 Å². The Morgan fingerprint density at radius 3 is 2.52 bits per heavy atom. The van der Waals surface area contributed by atoms with Gasteiger partial charge in [-0.1, -0.05) is 43.1 Å². The van der Waals surface area contributed by atoms with Crippen molar-refractivity contribution in [3.05, 3.63) is 34.9 Å². The van der Waals surface area contributed by atoms with Crippen molar-refractivity contribution in [3.8, 4) is 0 Å². The summed E-state index contributed by atoms with van der Waals surface area (Å²) < 4.78 is 0. The van der Waals surface area contributed by atoms with E-state index < -0.39 is 11.4 Å². The Balaban J connectivity index is 2.07. The fourth-order valence-electron chi connectivity index (χ4n) is 3.40. The molecule has 1 atom stereocenters. The van der Waals surface area contributed by atoms with Crippen molar-refractivity contribution in [2.75, 3.05) is 13.1 Å². The van der Waals surface area contributed by atoms with Crippen LogP contribution in [-0.4, -0.2) is 29.1 Å². The minimum atomic E-state index is -0.630. The SMILES string of the molecule is CCCC1(C(=O)O)CCN(C(C)c2ccccc2Cl)CC1. The Hall–Kier alpha value is -1.06. The summed E-state index contributed by atoms with van der Waals surface area (Å²) in [5, 5.41) is 10.4. The van der Waals surface area contributed by atoms with Crippen LogP contribution in [0.2, 0.25) is 5.02 Å². The molecule has 1 aromatic carbocycles. The first-order valence-corrected chi connectivity index (χ1v) is 8.10. The number of likely N-dealkylation sites (tertiary alicyclic amines) is 1. The van der Waals surface area contributed by atoms with Crippen LogP contribution in [0.15, 0.2) is 24.3 Å². The summed E-state index contributed by atoms with van der Waals surface area (Å²) >= 11 is 6.27. The number of carbonyl (C=O) groups is 1. The van der Waals surface area contributed by atoms with Crippen molar-refractivity contribution in [3.63, 3.8) is 0 Å². The van der Waals surface area contributed by atoms with Crippen molar-refractivity contribution < 1.29 is 9.90 Å². The molecule has 0 amide bonds. The van der Waals surface area contributed by atoms with Gasteiger partial charge in [0.15, 0.2) is 0 Å². The molecule has 3 nitrogen and oxygen atoms in total. The van der Waals surface area contributed by atoms with Crippen LogP contribution < -0.4 is 0 Å². The van der Waals surface area contributed by atoms with E-state index in [1.165, 1.54) is 0 Å². The molecular weight excluding hydrogens is 286 g/mol. The number of nitrogens with zero attached hydrogens (tertiary/aromatic N) is 1. The minimum Gasteiger partial charge on any atom is -0.481 e. The third kappa shape index (κ3) is 3.41. The molecule has 1 aliphatic rings. The van der Waals surface area contributed by atoms with Gasteiger partial charge in [-0.15, -0.1) is 0 Å². The van der Waals surface area contributed by atoms with E-state index in [9.17, 15) is 9.90 Å². The Kier molecular flexibility index (Phi) is 5.28. The van der Waals surface area contributed by atoms with E-state index in [0.29, 0.717) is 0 Å². The molecule has 4 heteroatoms. The molecule has 0 radical (unpaired) electrons. The van der Waals surface area contributed by atoms with Gasteiger partial charge in [-0.2, -0.15) is 0 Å². The zero-order chi connectivity index (χ0) is 15.5. The van der Waals surface area contributed by atoms with Crippen LogP contribution in [0.5, 0.6) is 0 Å². The highest BCUT2D eigenvalue weighted by molar-refractivity contribution is 6.31. The largest absolute Gasteiger partial charge is 0.481 e. The zero-order valence-electron chi connectivity index (χ0n) is 12.8. The van der Waals surface area contributed by atoms with Crippen LogP contribution in [0, 0.1) is 5.41 Å². The first-order valence-electron chi connectivity index (χ1n) is 7.72. The summed E-state index contributed by atoms with van der Waals surface area (Å²) in [5.41, 5.74) is 0.600. The van der Waals surface area contributed by atoms with Gasteiger partial charge in [0.1, 0.15) is 0 Å². The number of aliphatic carboxylic acids is 1. The van der Waals surface area contributed by atoms with E-state index >= 15 is 0 Å². The molecule has 1 unspecified atom stereocenters. The molecule has 0 saturated carbocycles. The number of benzene rings is 1. The lowest BCUT2D eigenvalue weighted by molar-refractivity contribution is -0.153. The molecule has 21 heavy (non-hydrogen) atoms. The lowest BCUT2D eigenvalue weighted by Gasteiger charge is -2.41. The molecule has 0 spiro atoms. The number of hydrogen-bond acceptors (Lipinski definition) is 2.